The summed E-state index contributed by atoms with van der Waals surface area (Å²) < 4.78 is 5.34. The van der Waals surface area contributed by atoms with Crippen LogP contribution in [-0.2, 0) is 27.2 Å². The molecule has 2 aromatic carbocycles. The molecule has 0 spiro atoms. The molecule has 1 aliphatic rings. The van der Waals surface area contributed by atoms with Crippen molar-refractivity contribution in [3.05, 3.63) is 83.6 Å². The number of imide groups is 1. The largest absolute Gasteiger partial charge is 0.378 e. The quantitative estimate of drug-likeness (QED) is 0.552. The highest BCUT2D eigenvalue weighted by molar-refractivity contribution is 6.00. The smallest absolute Gasteiger partial charge is 0.331 e. The number of amides is 4. The topological polar surface area (TPSA) is 119 Å². The predicted octanol–water partition coefficient (Wildman–Crippen LogP) is 2.23. The average molecular weight is 465 g/mol. The number of rotatable bonds is 9. The first kappa shape index (κ1) is 25.1. The van der Waals surface area contributed by atoms with Crippen molar-refractivity contribution in [3.8, 4) is 0 Å². The Kier molecular flexibility index (Phi) is 9.37. The van der Waals surface area contributed by atoms with E-state index in [9.17, 15) is 14.4 Å². The van der Waals surface area contributed by atoms with Gasteiger partial charge in [0.2, 0.25) is 5.91 Å². The molecular weight excluding hydrogens is 432 g/mol. The van der Waals surface area contributed by atoms with E-state index in [-0.39, 0.29) is 12.1 Å². The molecule has 180 valence electrons. The molecule has 4 amide bonds. The molecule has 1 aliphatic heterocycles. The zero-order valence-electron chi connectivity index (χ0n) is 19.3. The summed E-state index contributed by atoms with van der Waals surface area (Å²) >= 11 is 0. The second-order valence-electron chi connectivity index (χ2n) is 8.23. The molecule has 1 heterocycles. The number of ether oxygens (including phenoxy) is 1. The number of primary amides is 1. The highest BCUT2D eigenvalue weighted by Gasteiger charge is 2.33. The lowest BCUT2D eigenvalue weighted by Gasteiger charge is -2.34. The molecule has 8 nitrogen and oxygen atoms in total. The molecule has 8 heteroatoms. The number of nitrogens with two attached hydrogens (primary N) is 2. The van der Waals surface area contributed by atoms with E-state index in [0.717, 1.165) is 28.5 Å². The Morgan fingerprint density at radius 3 is 2.15 bits per heavy atom. The Balaban J connectivity index is 1.83. The summed E-state index contributed by atoms with van der Waals surface area (Å²) in [6.07, 6.45) is 3.09. The van der Waals surface area contributed by atoms with Gasteiger partial charge in [-0.3, -0.25) is 9.59 Å². The fraction of sp³-hybridized carbons (Fsp3) is 0.346. The number of nitrogens with zero attached hydrogens (tertiary/aromatic N) is 2. The van der Waals surface area contributed by atoms with Gasteiger partial charge >= 0.3 is 6.03 Å². The zero-order chi connectivity index (χ0) is 24.3. The number of hydrogen-bond donors (Lipinski definition) is 2. The third kappa shape index (κ3) is 7.26. The van der Waals surface area contributed by atoms with Crippen LogP contribution in [0, 0.1) is 0 Å². The van der Waals surface area contributed by atoms with Crippen molar-refractivity contribution < 1.29 is 19.1 Å². The van der Waals surface area contributed by atoms with Crippen molar-refractivity contribution >= 4 is 17.8 Å². The summed E-state index contributed by atoms with van der Waals surface area (Å²) in [5.41, 5.74) is 14.0. The monoisotopic (exact) mass is 464 g/mol. The summed E-state index contributed by atoms with van der Waals surface area (Å²) in [5, 5.41) is 0. The van der Waals surface area contributed by atoms with E-state index in [4.69, 9.17) is 16.2 Å². The number of hydrogen-bond acceptors (Lipinski definition) is 5. The summed E-state index contributed by atoms with van der Waals surface area (Å²) in [4.78, 5) is 41.5. The molecule has 1 saturated heterocycles. The summed E-state index contributed by atoms with van der Waals surface area (Å²) in [6.45, 7) is 1.47. The van der Waals surface area contributed by atoms with Gasteiger partial charge in [0.15, 0.2) is 0 Å². The highest BCUT2D eigenvalue weighted by Crippen LogP contribution is 2.20. The van der Waals surface area contributed by atoms with Crippen molar-refractivity contribution in [2.45, 2.75) is 31.7 Å². The van der Waals surface area contributed by atoms with Gasteiger partial charge in [0.05, 0.1) is 19.3 Å². The molecule has 3 rings (SSSR count). The van der Waals surface area contributed by atoms with Crippen LogP contribution in [0.15, 0.2) is 72.4 Å². The minimum absolute atomic E-state index is 0.258. The van der Waals surface area contributed by atoms with Gasteiger partial charge in [-0.2, -0.15) is 0 Å². The molecule has 0 aliphatic carbocycles. The van der Waals surface area contributed by atoms with E-state index in [2.05, 4.69) is 0 Å². The lowest BCUT2D eigenvalue weighted by molar-refractivity contribution is -0.128. The van der Waals surface area contributed by atoms with Crippen LogP contribution in [0.5, 0.6) is 0 Å². The van der Waals surface area contributed by atoms with Crippen LogP contribution in [0.2, 0.25) is 0 Å². The van der Waals surface area contributed by atoms with Crippen molar-refractivity contribution in [2.24, 2.45) is 11.5 Å². The van der Waals surface area contributed by atoms with E-state index in [1.54, 1.807) is 4.90 Å². The number of carbonyl (C=O) groups excluding carboxylic acids is 3. The molecule has 1 unspecified atom stereocenters. The normalized spacial score (nSPS) is 15.0. The fourth-order valence-electron chi connectivity index (χ4n) is 3.91. The molecule has 1 atom stereocenters. The predicted molar refractivity (Wildman–Crippen MR) is 129 cm³/mol. The Bertz CT molecular complexity index is 988. The van der Waals surface area contributed by atoms with Crippen molar-refractivity contribution in [2.75, 3.05) is 26.3 Å². The maximum Gasteiger partial charge on any atom is 0.331 e. The van der Waals surface area contributed by atoms with E-state index in [0.29, 0.717) is 39.1 Å². The molecule has 2 aromatic rings. The lowest BCUT2D eigenvalue weighted by Crippen LogP contribution is -2.54. The first-order valence-electron chi connectivity index (χ1n) is 11.5. The second-order valence-corrected chi connectivity index (χ2v) is 8.23. The molecule has 0 aromatic heterocycles. The molecule has 4 N–H and O–H groups in total. The zero-order valence-corrected chi connectivity index (χ0v) is 19.3. The number of urea groups is 1. The number of carbonyl (C=O) groups is 3. The van der Waals surface area contributed by atoms with E-state index in [1.165, 1.54) is 0 Å². The van der Waals surface area contributed by atoms with E-state index in [1.807, 2.05) is 60.7 Å². The van der Waals surface area contributed by atoms with Crippen LogP contribution in [-0.4, -0.2) is 60.0 Å². The molecule has 1 fully saturated rings. The molecule has 34 heavy (non-hydrogen) atoms. The first-order valence-corrected chi connectivity index (χ1v) is 11.5. The van der Waals surface area contributed by atoms with Crippen molar-refractivity contribution in [1.29, 1.82) is 0 Å². The van der Waals surface area contributed by atoms with Gasteiger partial charge in [0.1, 0.15) is 0 Å². The minimum atomic E-state index is -0.960. The lowest BCUT2D eigenvalue weighted by atomic mass is 10.0. The Morgan fingerprint density at radius 2 is 1.56 bits per heavy atom. The number of benzene rings is 2. The van der Waals surface area contributed by atoms with Crippen LogP contribution >= 0.6 is 0 Å². The van der Waals surface area contributed by atoms with Crippen molar-refractivity contribution in [1.82, 2.24) is 9.80 Å². The number of morpholine rings is 1. The summed E-state index contributed by atoms with van der Waals surface area (Å²) in [6, 6.07) is 17.8. The van der Waals surface area contributed by atoms with Crippen LogP contribution < -0.4 is 11.5 Å². The SMILES string of the molecule is NC(=O)C=C(CCCc1ccccc1)N(C(=O)C(N)Cc1ccccc1)C(=O)N1CCOCC1. The molecular formula is C26H32N4O4. The van der Waals surface area contributed by atoms with Gasteiger partial charge in [0.25, 0.3) is 5.91 Å². The van der Waals surface area contributed by atoms with Gasteiger partial charge in [-0.05, 0) is 36.8 Å². The third-order valence-corrected chi connectivity index (χ3v) is 5.65. The van der Waals surface area contributed by atoms with Crippen LogP contribution in [0.3, 0.4) is 0 Å². The van der Waals surface area contributed by atoms with Crippen LogP contribution in [0.4, 0.5) is 4.79 Å². The molecule has 0 saturated carbocycles. The average Bonchev–Trinajstić information content (AvgIpc) is 2.85. The maximum absolute atomic E-state index is 13.5. The van der Waals surface area contributed by atoms with Gasteiger partial charge in [-0.15, -0.1) is 0 Å². The van der Waals surface area contributed by atoms with E-state index >= 15 is 0 Å². The van der Waals surface area contributed by atoms with Crippen LogP contribution in [0.1, 0.15) is 24.0 Å². The van der Waals surface area contributed by atoms with Crippen molar-refractivity contribution in [3.63, 3.8) is 0 Å². The third-order valence-electron chi connectivity index (χ3n) is 5.65. The standard InChI is InChI=1S/C26H32N4O4/c27-23(18-21-10-5-2-6-11-21)25(32)30(26(33)29-14-16-34-17-15-29)22(19-24(28)31)13-7-12-20-8-3-1-4-9-20/h1-6,8-11,19,23H,7,12-18,27H2,(H2,28,31). The molecule has 0 radical (unpaired) electrons. The number of aryl methyl sites for hydroxylation is 1. The Hall–Kier alpha value is -3.49. The Morgan fingerprint density at radius 1 is 0.971 bits per heavy atom. The van der Waals surface area contributed by atoms with Gasteiger partial charge in [0, 0.05) is 24.9 Å². The highest BCUT2D eigenvalue weighted by atomic mass is 16.5. The van der Waals surface area contributed by atoms with Gasteiger partial charge in [-0.25, -0.2) is 9.69 Å². The second kappa shape index (κ2) is 12.7. The number of allylic oxidation sites excluding steroid dienone is 1. The Labute approximate surface area is 200 Å². The molecule has 0 bridgehead atoms. The van der Waals surface area contributed by atoms with Crippen LogP contribution in [0.25, 0.3) is 0 Å². The minimum Gasteiger partial charge on any atom is -0.378 e. The summed E-state index contributed by atoms with van der Waals surface area (Å²) in [5.74, 6) is -1.29. The summed E-state index contributed by atoms with van der Waals surface area (Å²) in [7, 11) is 0. The van der Waals surface area contributed by atoms with Gasteiger partial charge < -0.3 is 21.1 Å². The maximum atomic E-state index is 13.5. The first-order chi connectivity index (χ1) is 16.5. The van der Waals surface area contributed by atoms with E-state index < -0.39 is 23.9 Å². The fourth-order valence-corrected chi connectivity index (χ4v) is 3.91. The van der Waals surface area contributed by atoms with Gasteiger partial charge in [-0.1, -0.05) is 60.7 Å².